The van der Waals surface area contributed by atoms with Crippen LogP contribution in [0.5, 0.6) is 0 Å². The van der Waals surface area contributed by atoms with Gasteiger partial charge < -0.3 is 10.1 Å². The monoisotopic (exact) mass is 312 g/mol. The number of esters is 1. The molecular formula is C14H20N2O4S. The van der Waals surface area contributed by atoms with Gasteiger partial charge in [-0.05, 0) is 36.3 Å². The van der Waals surface area contributed by atoms with Crippen molar-refractivity contribution in [2.75, 3.05) is 13.2 Å². The van der Waals surface area contributed by atoms with Crippen molar-refractivity contribution in [2.24, 2.45) is 5.92 Å². The van der Waals surface area contributed by atoms with Crippen LogP contribution < -0.4 is 10.6 Å². The molecule has 7 heteroatoms. The highest BCUT2D eigenvalue weighted by atomic mass is 32.1. The number of amides is 3. The number of carbonyl (C=O) groups excluding carboxylic acids is 3. The lowest BCUT2D eigenvalue weighted by atomic mass is 10.1. The Bertz CT molecular complexity index is 511. The van der Waals surface area contributed by atoms with Crippen molar-refractivity contribution in [3.8, 4) is 0 Å². The number of nitrogens with one attached hydrogen (secondary N) is 2. The Kier molecular flexibility index (Phi) is 6.87. The summed E-state index contributed by atoms with van der Waals surface area (Å²) in [5.74, 6) is -0.742. The average molecular weight is 312 g/mol. The van der Waals surface area contributed by atoms with E-state index in [9.17, 15) is 14.4 Å². The van der Waals surface area contributed by atoms with Crippen LogP contribution >= 0.6 is 11.3 Å². The second-order valence-corrected chi connectivity index (χ2v) is 5.91. The van der Waals surface area contributed by atoms with E-state index in [-0.39, 0.29) is 0 Å². The van der Waals surface area contributed by atoms with Crippen molar-refractivity contribution >= 4 is 29.2 Å². The molecule has 6 nitrogen and oxygen atoms in total. The van der Waals surface area contributed by atoms with E-state index >= 15 is 0 Å². The lowest BCUT2D eigenvalue weighted by molar-refractivity contribution is -0.123. The molecule has 0 aromatic carbocycles. The maximum absolute atomic E-state index is 11.7. The SMILES string of the molecule is Cc1ccsc1C(=O)OCC(=O)NC(=O)NCCC(C)C. The predicted molar refractivity (Wildman–Crippen MR) is 80.3 cm³/mol. The molecule has 2 N–H and O–H groups in total. The molecule has 0 bridgehead atoms. The zero-order valence-corrected chi connectivity index (χ0v) is 13.2. The third kappa shape index (κ3) is 6.40. The molecule has 3 amide bonds. The summed E-state index contributed by atoms with van der Waals surface area (Å²) >= 11 is 1.25. The largest absolute Gasteiger partial charge is 0.451 e. The minimum atomic E-state index is -0.653. The number of urea groups is 1. The first kappa shape index (κ1) is 17.2. The summed E-state index contributed by atoms with van der Waals surface area (Å²) in [6.07, 6.45) is 0.828. The van der Waals surface area contributed by atoms with E-state index in [4.69, 9.17) is 4.74 Å². The number of thiophene rings is 1. The summed E-state index contributed by atoms with van der Waals surface area (Å²) in [7, 11) is 0. The van der Waals surface area contributed by atoms with Crippen molar-refractivity contribution in [1.82, 2.24) is 10.6 Å². The molecule has 0 aliphatic heterocycles. The Balaban J connectivity index is 2.26. The van der Waals surface area contributed by atoms with E-state index in [0.29, 0.717) is 17.3 Å². The Morgan fingerprint density at radius 3 is 2.62 bits per heavy atom. The van der Waals surface area contributed by atoms with Crippen molar-refractivity contribution in [3.63, 3.8) is 0 Å². The minimum absolute atomic E-state index is 0.462. The fourth-order valence-corrected chi connectivity index (χ4v) is 2.28. The number of imide groups is 1. The molecule has 1 aromatic rings. The van der Waals surface area contributed by atoms with Crippen LogP contribution in [-0.2, 0) is 9.53 Å². The van der Waals surface area contributed by atoms with Gasteiger partial charge in [0.1, 0.15) is 4.88 Å². The van der Waals surface area contributed by atoms with Crippen molar-refractivity contribution in [3.05, 3.63) is 21.9 Å². The second-order valence-electron chi connectivity index (χ2n) is 5.00. The number of ether oxygens (including phenoxy) is 1. The quantitative estimate of drug-likeness (QED) is 0.788. The molecule has 1 heterocycles. The Morgan fingerprint density at radius 2 is 2.05 bits per heavy atom. The first-order valence-electron chi connectivity index (χ1n) is 6.69. The van der Waals surface area contributed by atoms with Crippen LogP contribution in [0.15, 0.2) is 11.4 Å². The van der Waals surface area contributed by atoms with Crippen LogP contribution in [0.25, 0.3) is 0 Å². The number of hydrogen-bond donors (Lipinski definition) is 2. The van der Waals surface area contributed by atoms with E-state index in [1.807, 2.05) is 13.8 Å². The van der Waals surface area contributed by atoms with E-state index in [1.54, 1.807) is 18.4 Å². The normalized spacial score (nSPS) is 10.3. The molecule has 0 fully saturated rings. The van der Waals surface area contributed by atoms with Gasteiger partial charge in [-0.15, -0.1) is 11.3 Å². The molecule has 0 aliphatic carbocycles. The number of hydrogen-bond acceptors (Lipinski definition) is 5. The van der Waals surface area contributed by atoms with Crippen LogP contribution in [0, 0.1) is 12.8 Å². The Morgan fingerprint density at radius 1 is 1.33 bits per heavy atom. The van der Waals surface area contributed by atoms with Crippen LogP contribution in [0.2, 0.25) is 0 Å². The lowest BCUT2D eigenvalue weighted by Crippen LogP contribution is -2.41. The number of aryl methyl sites for hydroxylation is 1. The molecule has 1 rings (SSSR count). The summed E-state index contributed by atoms with van der Waals surface area (Å²) in [5.41, 5.74) is 0.803. The fraction of sp³-hybridized carbons (Fsp3) is 0.500. The molecule has 0 aliphatic rings. The fourth-order valence-electron chi connectivity index (χ4n) is 1.46. The molecule has 21 heavy (non-hydrogen) atoms. The number of carbonyl (C=O) groups is 3. The third-order valence-electron chi connectivity index (χ3n) is 2.64. The molecular weight excluding hydrogens is 292 g/mol. The van der Waals surface area contributed by atoms with Gasteiger partial charge in [0.15, 0.2) is 6.61 Å². The molecule has 0 radical (unpaired) electrons. The number of rotatable bonds is 6. The van der Waals surface area contributed by atoms with Crippen LogP contribution in [0.3, 0.4) is 0 Å². The van der Waals surface area contributed by atoms with E-state index < -0.39 is 24.5 Å². The van der Waals surface area contributed by atoms with Gasteiger partial charge in [0.2, 0.25) is 0 Å². The van der Waals surface area contributed by atoms with Gasteiger partial charge >= 0.3 is 12.0 Å². The smallest absolute Gasteiger partial charge is 0.349 e. The third-order valence-corrected chi connectivity index (χ3v) is 3.64. The molecule has 116 valence electrons. The second kappa shape index (κ2) is 8.41. The van der Waals surface area contributed by atoms with Gasteiger partial charge in [0.25, 0.3) is 5.91 Å². The highest BCUT2D eigenvalue weighted by Crippen LogP contribution is 2.16. The molecule has 0 spiro atoms. The Hall–Kier alpha value is -1.89. The van der Waals surface area contributed by atoms with E-state index in [0.717, 1.165) is 12.0 Å². The van der Waals surface area contributed by atoms with Gasteiger partial charge in [-0.3, -0.25) is 10.1 Å². The summed E-state index contributed by atoms with van der Waals surface area (Å²) in [4.78, 5) is 35.0. The van der Waals surface area contributed by atoms with Crippen LogP contribution in [0.1, 0.15) is 35.5 Å². The first-order chi connectivity index (χ1) is 9.90. The van der Waals surface area contributed by atoms with Gasteiger partial charge in [-0.25, -0.2) is 9.59 Å². The summed E-state index contributed by atoms with van der Waals surface area (Å²) in [5, 5.41) is 6.44. The summed E-state index contributed by atoms with van der Waals surface area (Å²) < 4.78 is 4.85. The molecule has 0 saturated carbocycles. The van der Waals surface area contributed by atoms with Crippen molar-refractivity contribution in [2.45, 2.75) is 27.2 Å². The summed E-state index contributed by atoms with van der Waals surface area (Å²) in [6.45, 7) is 5.88. The van der Waals surface area contributed by atoms with E-state index in [1.165, 1.54) is 11.3 Å². The van der Waals surface area contributed by atoms with Gasteiger partial charge in [0, 0.05) is 6.54 Å². The van der Waals surface area contributed by atoms with Gasteiger partial charge in [0.05, 0.1) is 0 Å². The minimum Gasteiger partial charge on any atom is -0.451 e. The maximum Gasteiger partial charge on any atom is 0.349 e. The first-order valence-corrected chi connectivity index (χ1v) is 7.57. The maximum atomic E-state index is 11.7. The van der Waals surface area contributed by atoms with Gasteiger partial charge in [-0.1, -0.05) is 13.8 Å². The highest BCUT2D eigenvalue weighted by molar-refractivity contribution is 7.12. The van der Waals surface area contributed by atoms with Gasteiger partial charge in [-0.2, -0.15) is 0 Å². The zero-order chi connectivity index (χ0) is 15.8. The predicted octanol–water partition coefficient (Wildman–Crippen LogP) is 2.09. The van der Waals surface area contributed by atoms with E-state index in [2.05, 4.69) is 10.6 Å². The molecule has 0 atom stereocenters. The van der Waals surface area contributed by atoms with Crippen LogP contribution in [-0.4, -0.2) is 31.1 Å². The lowest BCUT2D eigenvalue weighted by Gasteiger charge is -2.08. The molecule has 0 unspecified atom stereocenters. The summed E-state index contributed by atoms with van der Waals surface area (Å²) in [6, 6.07) is 1.22. The average Bonchev–Trinajstić information content (AvgIpc) is 2.81. The van der Waals surface area contributed by atoms with Crippen molar-refractivity contribution in [1.29, 1.82) is 0 Å². The standard InChI is InChI=1S/C14H20N2O4S/c1-9(2)4-6-15-14(19)16-11(17)8-20-13(18)12-10(3)5-7-21-12/h5,7,9H,4,6,8H2,1-3H3,(H2,15,16,17,19). The van der Waals surface area contributed by atoms with Crippen LogP contribution in [0.4, 0.5) is 4.79 Å². The zero-order valence-electron chi connectivity index (χ0n) is 12.4. The molecule has 0 saturated heterocycles. The Labute approximate surface area is 127 Å². The highest BCUT2D eigenvalue weighted by Gasteiger charge is 2.15. The van der Waals surface area contributed by atoms with Crippen molar-refractivity contribution < 1.29 is 19.1 Å². The molecule has 1 aromatic heterocycles. The topological polar surface area (TPSA) is 84.5 Å².